The summed E-state index contributed by atoms with van der Waals surface area (Å²) in [6.45, 7) is 0.527. The number of nitriles is 1. The van der Waals surface area contributed by atoms with E-state index in [1.165, 1.54) is 0 Å². The van der Waals surface area contributed by atoms with Crippen molar-refractivity contribution in [2.24, 2.45) is 0 Å². The number of ether oxygens (including phenoxy) is 1. The van der Waals surface area contributed by atoms with Gasteiger partial charge in [-0.1, -0.05) is 28.1 Å². The standard InChI is InChI=1S/C14H10BrNO/c15-13-5-1-12(2-6-13)10-17-14-7-3-11(9-16)4-8-14/h1-8H,10H2. The summed E-state index contributed by atoms with van der Waals surface area (Å²) in [6, 6.07) is 17.2. The van der Waals surface area contributed by atoms with Gasteiger partial charge in [0.25, 0.3) is 0 Å². The van der Waals surface area contributed by atoms with Crippen LogP contribution in [0.5, 0.6) is 5.75 Å². The summed E-state index contributed by atoms with van der Waals surface area (Å²) in [5.41, 5.74) is 1.75. The zero-order valence-electron chi connectivity index (χ0n) is 9.06. The average Bonchev–Trinajstić information content (AvgIpc) is 2.39. The monoisotopic (exact) mass is 287 g/mol. The normalized spacial score (nSPS) is 9.65. The van der Waals surface area contributed by atoms with E-state index in [0.717, 1.165) is 15.8 Å². The molecule has 0 radical (unpaired) electrons. The van der Waals surface area contributed by atoms with Crippen molar-refractivity contribution in [1.29, 1.82) is 5.26 Å². The van der Waals surface area contributed by atoms with E-state index in [0.29, 0.717) is 12.2 Å². The van der Waals surface area contributed by atoms with Crippen molar-refractivity contribution in [3.05, 3.63) is 64.1 Å². The second-order valence-electron chi connectivity index (χ2n) is 3.55. The maximum absolute atomic E-state index is 8.67. The van der Waals surface area contributed by atoms with Crippen molar-refractivity contribution in [1.82, 2.24) is 0 Å². The molecule has 2 aromatic rings. The molecule has 84 valence electrons. The highest BCUT2D eigenvalue weighted by Crippen LogP contribution is 2.15. The summed E-state index contributed by atoms with van der Waals surface area (Å²) in [4.78, 5) is 0. The van der Waals surface area contributed by atoms with Crippen molar-refractivity contribution in [2.75, 3.05) is 0 Å². The van der Waals surface area contributed by atoms with Gasteiger partial charge >= 0.3 is 0 Å². The minimum atomic E-state index is 0.527. The van der Waals surface area contributed by atoms with Crippen molar-refractivity contribution < 1.29 is 4.74 Å². The molecule has 0 aromatic heterocycles. The van der Waals surface area contributed by atoms with Crippen LogP contribution in [0, 0.1) is 11.3 Å². The van der Waals surface area contributed by atoms with Crippen LogP contribution in [0.2, 0.25) is 0 Å². The molecule has 0 bridgehead atoms. The maximum Gasteiger partial charge on any atom is 0.119 e. The molecule has 3 heteroatoms. The molecular weight excluding hydrogens is 278 g/mol. The highest BCUT2D eigenvalue weighted by molar-refractivity contribution is 9.10. The zero-order chi connectivity index (χ0) is 12.1. The van der Waals surface area contributed by atoms with Crippen LogP contribution < -0.4 is 4.74 Å². The summed E-state index contributed by atoms with van der Waals surface area (Å²) < 4.78 is 6.66. The Labute approximate surface area is 109 Å². The molecular formula is C14H10BrNO. The van der Waals surface area contributed by atoms with E-state index in [9.17, 15) is 0 Å². The highest BCUT2D eigenvalue weighted by Gasteiger charge is 1.96. The van der Waals surface area contributed by atoms with E-state index in [2.05, 4.69) is 22.0 Å². The van der Waals surface area contributed by atoms with Crippen LogP contribution in [-0.2, 0) is 6.61 Å². The third kappa shape index (κ3) is 3.33. The molecule has 0 unspecified atom stereocenters. The minimum Gasteiger partial charge on any atom is -0.489 e. The molecule has 0 aliphatic rings. The molecule has 0 aliphatic carbocycles. The van der Waals surface area contributed by atoms with Gasteiger partial charge in [-0.05, 0) is 42.0 Å². The van der Waals surface area contributed by atoms with E-state index in [1.54, 1.807) is 24.3 Å². The van der Waals surface area contributed by atoms with Crippen LogP contribution in [0.1, 0.15) is 11.1 Å². The van der Waals surface area contributed by atoms with Crippen LogP contribution in [-0.4, -0.2) is 0 Å². The molecule has 0 amide bonds. The predicted molar refractivity (Wildman–Crippen MR) is 69.6 cm³/mol. The molecule has 2 aromatic carbocycles. The molecule has 0 fully saturated rings. The van der Waals surface area contributed by atoms with Crippen molar-refractivity contribution >= 4 is 15.9 Å². The molecule has 2 rings (SSSR count). The fourth-order valence-electron chi connectivity index (χ4n) is 1.37. The smallest absolute Gasteiger partial charge is 0.119 e. The summed E-state index contributed by atoms with van der Waals surface area (Å²) in [5.74, 6) is 0.770. The first-order valence-corrected chi connectivity index (χ1v) is 5.94. The van der Waals surface area contributed by atoms with Gasteiger partial charge < -0.3 is 4.74 Å². The topological polar surface area (TPSA) is 33.0 Å². The van der Waals surface area contributed by atoms with Crippen LogP contribution in [0.15, 0.2) is 53.0 Å². The first kappa shape index (κ1) is 11.7. The molecule has 0 N–H and O–H groups in total. The predicted octanol–water partition coefficient (Wildman–Crippen LogP) is 3.90. The number of hydrogen-bond acceptors (Lipinski definition) is 2. The average molecular weight is 288 g/mol. The van der Waals surface area contributed by atoms with Gasteiger partial charge in [-0.15, -0.1) is 0 Å². The number of hydrogen-bond donors (Lipinski definition) is 0. The lowest BCUT2D eigenvalue weighted by atomic mass is 10.2. The van der Waals surface area contributed by atoms with Crippen LogP contribution >= 0.6 is 15.9 Å². The van der Waals surface area contributed by atoms with Gasteiger partial charge in [0.1, 0.15) is 12.4 Å². The molecule has 0 aliphatic heterocycles. The van der Waals surface area contributed by atoms with Gasteiger partial charge in [0.15, 0.2) is 0 Å². The lowest BCUT2D eigenvalue weighted by molar-refractivity contribution is 0.306. The van der Waals surface area contributed by atoms with Crippen molar-refractivity contribution in [2.45, 2.75) is 6.61 Å². The number of halogens is 1. The lowest BCUT2D eigenvalue weighted by Gasteiger charge is -2.06. The van der Waals surface area contributed by atoms with E-state index in [1.807, 2.05) is 24.3 Å². The Balaban J connectivity index is 1.98. The van der Waals surface area contributed by atoms with Gasteiger partial charge in [0.2, 0.25) is 0 Å². The number of benzene rings is 2. The number of rotatable bonds is 3. The van der Waals surface area contributed by atoms with Crippen LogP contribution in [0.3, 0.4) is 0 Å². The van der Waals surface area contributed by atoms with E-state index in [-0.39, 0.29) is 0 Å². The Bertz CT molecular complexity index is 526. The van der Waals surface area contributed by atoms with Crippen molar-refractivity contribution in [3.63, 3.8) is 0 Å². The fraction of sp³-hybridized carbons (Fsp3) is 0.0714. The van der Waals surface area contributed by atoms with Crippen molar-refractivity contribution in [3.8, 4) is 11.8 Å². The fourth-order valence-corrected chi connectivity index (χ4v) is 1.64. The van der Waals surface area contributed by atoms with E-state index >= 15 is 0 Å². The largest absolute Gasteiger partial charge is 0.489 e. The third-order valence-electron chi connectivity index (χ3n) is 2.30. The highest BCUT2D eigenvalue weighted by atomic mass is 79.9. The van der Waals surface area contributed by atoms with Gasteiger partial charge in [-0.25, -0.2) is 0 Å². The Hall–Kier alpha value is -1.79. The van der Waals surface area contributed by atoms with E-state index in [4.69, 9.17) is 10.00 Å². The molecule has 0 atom stereocenters. The third-order valence-corrected chi connectivity index (χ3v) is 2.83. The summed E-state index contributed by atoms with van der Waals surface area (Å²) >= 11 is 3.39. The van der Waals surface area contributed by atoms with Gasteiger partial charge in [-0.3, -0.25) is 0 Å². The molecule has 0 heterocycles. The number of nitrogens with zero attached hydrogens (tertiary/aromatic N) is 1. The summed E-state index contributed by atoms with van der Waals surface area (Å²) in [7, 11) is 0. The second kappa shape index (κ2) is 5.51. The molecule has 17 heavy (non-hydrogen) atoms. The molecule has 0 saturated heterocycles. The molecule has 2 nitrogen and oxygen atoms in total. The lowest BCUT2D eigenvalue weighted by Crippen LogP contribution is -1.94. The van der Waals surface area contributed by atoms with Gasteiger partial charge in [0.05, 0.1) is 11.6 Å². The Morgan fingerprint density at radius 1 is 1.00 bits per heavy atom. The molecule has 0 spiro atoms. The first-order valence-electron chi connectivity index (χ1n) is 5.15. The Morgan fingerprint density at radius 2 is 1.65 bits per heavy atom. The minimum absolute atomic E-state index is 0.527. The zero-order valence-corrected chi connectivity index (χ0v) is 10.6. The van der Waals surface area contributed by atoms with Crippen LogP contribution in [0.25, 0.3) is 0 Å². The van der Waals surface area contributed by atoms with Gasteiger partial charge in [-0.2, -0.15) is 5.26 Å². The summed E-state index contributed by atoms with van der Waals surface area (Å²) in [5, 5.41) is 8.67. The second-order valence-corrected chi connectivity index (χ2v) is 4.47. The van der Waals surface area contributed by atoms with E-state index < -0.39 is 0 Å². The molecule has 0 saturated carbocycles. The maximum atomic E-state index is 8.67. The Kier molecular flexibility index (Phi) is 3.79. The van der Waals surface area contributed by atoms with Crippen LogP contribution in [0.4, 0.5) is 0 Å². The quantitative estimate of drug-likeness (QED) is 0.858. The first-order chi connectivity index (χ1) is 8.28. The Morgan fingerprint density at radius 3 is 2.24 bits per heavy atom. The summed E-state index contributed by atoms with van der Waals surface area (Å²) in [6.07, 6.45) is 0. The van der Waals surface area contributed by atoms with Gasteiger partial charge in [0, 0.05) is 4.47 Å². The SMILES string of the molecule is N#Cc1ccc(OCc2ccc(Br)cc2)cc1.